The molecule has 5 rings (SSSR count). The maximum absolute atomic E-state index is 13.7. The summed E-state index contributed by atoms with van der Waals surface area (Å²) in [6.45, 7) is 6.29. The molecule has 2 unspecified atom stereocenters. The zero-order valence-electron chi connectivity index (χ0n) is 21.5. The minimum Gasteiger partial charge on any atom is -0.384 e. The molecule has 36 heavy (non-hydrogen) atoms. The number of rotatable bonds is 7. The van der Waals surface area contributed by atoms with Gasteiger partial charge in [0.1, 0.15) is 11.9 Å². The Hall–Kier alpha value is -2.87. The van der Waals surface area contributed by atoms with Gasteiger partial charge in [0.15, 0.2) is 0 Å². The number of hydrogen-bond donors (Lipinski definition) is 3. The van der Waals surface area contributed by atoms with Gasteiger partial charge >= 0.3 is 0 Å². The molecule has 8 nitrogen and oxygen atoms in total. The van der Waals surface area contributed by atoms with Crippen LogP contribution in [0.2, 0.25) is 0 Å². The van der Waals surface area contributed by atoms with Crippen molar-refractivity contribution in [1.29, 1.82) is 5.41 Å². The van der Waals surface area contributed by atoms with Gasteiger partial charge in [-0.05, 0) is 88.9 Å². The number of aryl methyl sites for hydroxylation is 2. The standard InChI is InChI=1S/C28H40N6O2/c1-2-32-23(17-20-7-8-21(26(29)30)18-25(20)32)10-9-22-5-3-15-33(22)28(36)24-6-4-16-34(24)27(35)19-11-13-31-14-12-19/h7-8,17-19,22,24,31H,2-6,9-16H2,1H3,(H3,29,30). The third kappa shape index (κ3) is 4.75. The van der Waals surface area contributed by atoms with Crippen molar-refractivity contribution >= 4 is 28.6 Å². The number of carbonyl (C=O) groups excluding carboxylic acids is 2. The van der Waals surface area contributed by atoms with Crippen molar-refractivity contribution in [2.24, 2.45) is 11.7 Å². The molecule has 1 aromatic carbocycles. The normalized spacial score (nSPS) is 23.0. The fourth-order valence-corrected chi connectivity index (χ4v) is 6.58. The molecule has 0 spiro atoms. The summed E-state index contributed by atoms with van der Waals surface area (Å²) in [6.07, 6.45) is 7.35. The van der Waals surface area contributed by atoms with E-state index >= 15 is 0 Å². The zero-order valence-corrected chi connectivity index (χ0v) is 21.5. The molecule has 0 bridgehead atoms. The Morgan fingerprint density at radius 2 is 1.78 bits per heavy atom. The van der Waals surface area contributed by atoms with E-state index in [1.165, 1.54) is 5.69 Å². The lowest BCUT2D eigenvalue weighted by atomic mass is 9.96. The number of piperidine rings is 1. The molecule has 3 saturated heterocycles. The molecule has 1 aromatic heterocycles. The molecule has 194 valence electrons. The average molecular weight is 493 g/mol. The second kappa shape index (κ2) is 10.6. The maximum atomic E-state index is 13.7. The van der Waals surface area contributed by atoms with E-state index in [4.69, 9.17) is 11.1 Å². The molecular formula is C28H40N6O2. The van der Waals surface area contributed by atoms with Crippen LogP contribution < -0.4 is 11.1 Å². The second-order valence-corrected chi connectivity index (χ2v) is 10.6. The number of nitrogens with two attached hydrogens (primary N) is 1. The summed E-state index contributed by atoms with van der Waals surface area (Å²) in [5.41, 5.74) is 8.83. The Balaban J connectivity index is 1.27. The summed E-state index contributed by atoms with van der Waals surface area (Å²) >= 11 is 0. The van der Waals surface area contributed by atoms with Gasteiger partial charge in [-0.2, -0.15) is 0 Å². The average Bonchev–Trinajstić information content (AvgIpc) is 3.64. The zero-order chi connectivity index (χ0) is 25.2. The molecule has 2 atom stereocenters. The summed E-state index contributed by atoms with van der Waals surface area (Å²) in [5.74, 6) is 0.510. The van der Waals surface area contributed by atoms with Crippen LogP contribution in [-0.4, -0.2) is 70.3 Å². The topological polar surface area (TPSA) is 107 Å². The quantitative estimate of drug-likeness (QED) is 0.408. The van der Waals surface area contributed by atoms with Gasteiger partial charge < -0.3 is 25.4 Å². The Morgan fingerprint density at radius 3 is 2.53 bits per heavy atom. The van der Waals surface area contributed by atoms with Crippen molar-refractivity contribution in [3.8, 4) is 0 Å². The first-order chi connectivity index (χ1) is 17.5. The van der Waals surface area contributed by atoms with Crippen LogP contribution in [0.15, 0.2) is 24.3 Å². The molecule has 2 amide bonds. The van der Waals surface area contributed by atoms with Gasteiger partial charge in [-0.25, -0.2) is 0 Å². The summed E-state index contributed by atoms with van der Waals surface area (Å²) in [6, 6.07) is 8.14. The fraction of sp³-hybridized carbons (Fsp3) is 0.607. The van der Waals surface area contributed by atoms with Crippen LogP contribution in [0.3, 0.4) is 0 Å². The van der Waals surface area contributed by atoms with E-state index in [1.807, 2.05) is 23.1 Å². The van der Waals surface area contributed by atoms with Crippen LogP contribution in [0.25, 0.3) is 10.9 Å². The third-order valence-electron chi connectivity index (χ3n) is 8.52. The van der Waals surface area contributed by atoms with Gasteiger partial charge in [0, 0.05) is 48.4 Å². The van der Waals surface area contributed by atoms with Crippen molar-refractivity contribution in [3.05, 3.63) is 35.5 Å². The number of nitrogens with one attached hydrogen (secondary N) is 2. The van der Waals surface area contributed by atoms with Gasteiger partial charge in [0.2, 0.25) is 11.8 Å². The van der Waals surface area contributed by atoms with E-state index in [0.29, 0.717) is 0 Å². The number of nitrogen functional groups attached to an aromatic ring is 1. The van der Waals surface area contributed by atoms with E-state index in [9.17, 15) is 9.59 Å². The van der Waals surface area contributed by atoms with Crippen LogP contribution in [-0.2, 0) is 22.6 Å². The number of amidine groups is 1. The first-order valence-electron chi connectivity index (χ1n) is 13.8. The number of benzene rings is 1. The first-order valence-corrected chi connectivity index (χ1v) is 13.8. The Morgan fingerprint density at radius 1 is 1.03 bits per heavy atom. The van der Waals surface area contributed by atoms with E-state index in [-0.39, 0.29) is 35.7 Å². The van der Waals surface area contributed by atoms with Crippen LogP contribution in [0, 0.1) is 11.3 Å². The summed E-state index contributed by atoms with van der Waals surface area (Å²) < 4.78 is 2.30. The number of hydrogen-bond acceptors (Lipinski definition) is 4. The van der Waals surface area contributed by atoms with Crippen molar-refractivity contribution < 1.29 is 9.59 Å². The number of amides is 2. The largest absolute Gasteiger partial charge is 0.384 e. The molecule has 4 N–H and O–H groups in total. The second-order valence-electron chi connectivity index (χ2n) is 10.6. The minimum absolute atomic E-state index is 0.0634. The van der Waals surface area contributed by atoms with Crippen molar-refractivity contribution in [2.45, 2.75) is 76.9 Å². The predicted molar refractivity (Wildman–Crippen MR) is 142 cm³/mol. The molecule has 2 aromatic rings. The highest BCUT2D eigenvalue weighted by molar-refractivity contribution is 5.98. The summed E-state index contributed by atoms with van der Waals surface area (Å²) in [4.78, 5) is 31.0. The fourth-order valence-electron chi connectivity index (χ4n) is 6.58. The maximum Gasteiger partial charge on any atom is 0.245 e. The Labute approximate surface area is 213 Å². The molecule has 3 fully saturated rings. The van der Waals surface area contributed by atoms with Crippen molar-refractivity contribution in [3.63, 3.8) is 0 Å². The molecule has 0 saturated carbocycles. The summed E-state index contributed by atoms with van der Waals surface area (Å²) in [5, 5.41) is 12.3. The third-order valence-corrected chi connectivity index (χ3v) is 8.52. The number of fused-ring (bicyclic) bond motifs is 1. The highest BCUT2D eigenvalue weighted by Gasteiger charge is 2.41. The first kappa shape index (κ1) is 24.8. The molecular weight excluding hydrogens is 452 g/mol. The van der Waals surface area contributed by atoms with Crippen LogP contribution in [0.4, 0.5) is 0 Å². The molecule has 4 heterocycles. The Bertz CT molecular complexity index is 1130. The number of aromatic nitrogens is 1. The lowest BCUT2D eigenvalue weighted by Crippen LogP contribution is -2.51. The number of carbonyl (C=O) groups is 2. The molecule has 8 heteroatoms. The van der Waals surface area contributed by atoms with E-state index in [2.05, 4.69) is 27.8 Å². The lowest BCUT2D eigenvalue weighted by Gasteiger charge is -2.34. The molecule has 3 aliphatic rings. The monoisotopic (exact) mass is 492 g/mol. The SMILES string of the molecule is CCn1c(CCC2CCCN2C(=O)C2CCCN2C(=O)C2CCNCC2)cc2ccc(C(=N)N)cc21. The Kier molecular flexibility index (Phi) is 7.32. The van der Waals surface area contributed by atoms with E-state index in [0.717, 1.165) is 101 Å². The van der Waals surface area contributed by atoms with Gasteiger partial charge in [0.25, 0.3) is 0 Å². The van der Waals surface area contributed by atoms with Gasteiger partial charge in [-0.1, -0.05) is 12.1 Å². The minimum atomic E-state index is -0.278. The molecule has 3 aliphatic heterocycles. The smallest absolute Gasteiger partial charge is 0.245 e. The number of likely N-dealkylation sites (tertiary alicyclic amines) is 2. The van der Waals surface area contributed by atoms with Crippen molar-refractivity contribution in [1.82, 2.24) is 19.7 Å². The highest BCUT2D eigenvalue weighted by atomic mass is 16.2. The highest BCUT2D eigenvalue weighted by Crippen LogP contribution is 2.30. The molecule has 0 radical (unpaired) electrons. The van der Waals surface area contributed by atoms with Crippen LogP contribution >= 0.6 is 0 Å². The number of nitrogens with zero attached hydrogens (tertiary/aromatic N) is 3. The van der Waals surface area contributed by atoms with Gasteiger partial charge in [-0.3, -0.25) is 15.0 Å². The van der Waals surface area contributed by atoms with Crippen LogP contribution in [0.5, 0.6) is 0 Å². The molecule has 0 aliphatic carbocycles. The van der Waals surface area contributed by atoms with Crippen molar-refractivity contribution in [2.75, 3.05) is 26.2 Å². The van der Waals surface area contributed by atoms with Gasteiger partial charge in [-0.15, -0.1) is 0 Å². The predicted octanol–water partition coefficient (Wildman–Crippen LogP) is 2.86. The van der Waals surface area contributed by atoms with Crippen LogP contribution in [0.1, 0.15) is 63.1 Å². The summed E-state index contributed by atoms with van der Waals surface area (Å²) in [7, 11) is 0. The lowest BCUT2D eigenvalue weighted by molar-refractivity contribution is -0.147. The van der Waals surface area contributed by atoms with Gasteiger partial charge in [0.05, 0.1) is 0 Å². The van der Waals surface area contributed by atoms with E-state index < -0.39 is 0 Å². The van der Waals surface area contributed by atoms with E-state index in [1.54, 1.807) is 0 Å².